The molecule has 0 aliphatic carbocycles. The topological polar surface area (TPSA) is 94.1 Å². The van der Waals surface area contributed by atoms with Crippen LogP contribution in [0.5, 0.6) is 17.2 Å². The van der Waals surface area contributed by atoms with Crippen LogP contribution in [0.1, 0.15) is 30.1 Å². The van der Waals surface area contributed by atoms with Gasteiger partial charge in [-0.3, -0.25) is 4.79 Å². The Hall–Kier alpha value is -1.96. The number of halogens is 1. The molecule has 0 fully saturated rings. The standard InChI is InChI=1S/C15H20BrNO6/c1-5-6-9(15(19)20)17-14(18)8-7-10(21-2)12(22-3)13(23-4)11(8)16/h7,9H,5-6H2,1-4H3,(H,17,18)(H,19,20). The number of methoxy groups -OCH3 is 3. The van der Waals surface area contributed by atoms with Crippen molar-refractivity contribution < 1.29 is 28.9 Å². The van der Waals surface area contributed by atoms with E-state index in [1.54, 1.807) is 0 Å². The quantitative estimate of drug-likeness (QED) is 0.708. The monoisotopic (exact) mass is 389 g/mol. The lowest BCUT2D eigenvalue weighted by molar-refractivity contribution is -0.139. The zero-order chi connectivity index (χ0) is 17.6. The van der Waals surface area contributed by atoms with Crippen molar-refractivity contribution in [2.45, 2.75) is 25.8 Å². The van der Waals surface area contributed by atoms with Crippen molar-refractivity contribution in [1.82, 2.24) is 5.32 Å². The number of hydrogen-bond donors (Lipinski definition) is 2. The second-order valence-corrected chi connectivity index (χ2v) is 5.45. The Morgan fingerprint density at radius 3 is 2.26 bits per heavy atom. The molecule has 2 N–H and O–H groups in total. The Labute approximate surface area is 143 Å². The van der Waals surface area contributed by atoms with E-state index in [2.05, 4.69) is 21.2 Å². The Kier molecular flexibility index (Phi) is 7.15. The molecule has 0 aliphatic heterocycles. The Morgan fingerprint density at radius 1 is 1.22 bits per heavy atom. The Bertz CT molecular complexity index is 590. The first kappa shape index (κ1) is 19.1. The van der Waals surface area contributed by atoms with Crippen LogP contribution in [0.15, 0.2) is 10.5 Å². The van der Waals surface area contributed by atoms with E-state index >= 15 is 0 Å². The van der Waals surface area contributed by atoms with Crippen molar-refractivity contribution in [3.8, 4) is 17.2 Å². The van der Waals surface area contributed by atoms with Crippen LogP contribution in [0.4, 0.5) is 0 Å². The van der Waals surface area contributed by atoms with E-state index in [0.29, 0.717) is 34.6 Å². The second-order valence-electron chi connectivity index (χ2n) is 4.66. The van der Waals surface area contributed by atoms with E-state index in [-0.39, 0.29) is 5.56 Å². The number of hydrogen-bond acceptors (Lipinski definition) is 5. The molecule has 7 nitrogen and oxygen atoms in total. The van der Waals surface area contributed by atoms with E-state index in [4.69, 9.17) is 19.3 Å². The largest absolute Gasteiger partial charge is 0.493 e. The van der Waals surface area contributed by atoms with Gasteiger partial charge < -0.3 is 24.6 Å². The minimum absolute atomic E-state index is 0.196. The number of carboxylic acid groups (broad SMARTS) is 1. The average Bonchev–Trinajstić information content (AvgIpc) is 2.53. The third kappa shape index (κ3) is 4.28. The van der Waals surface area contributed by atoms with Crippen LogP contribution >= 0.6 is 15.9 Å². The maximum absolute atomic E-state index is 12.4. The van der Waals surface area contributed by atoms with Crippen molar-refractivity contribution in [1.29, 1.82) is 0 Å². The lowest BCUT2D eigenvalue weighted by Gasteiger charge is -2.18. The van der Waals surface area contributed by atoms with Crippen molar-refractivity contribution in [3.63, 3.8) is 0 Å². The second kappa shape index (κ2) is 8.61. The summed E-state index contributed by atoms with van der Waals surface area (Å²) >= 11 is 3.29. The third-order valence-corrected chi connectivity index (χ3v) is 3.98. The van der Waals surface area contributed by atoms with E-state index in [9.17, 15) is 9.59 Å². The minimum Gasteiger partial charge on any atom is -0.493 e. The molecule has 0 spiro atoms. The number of carboxylic acids is 1. The van der Waals surface area contributed by atoms with Crippen LogP contribution in [0.25, 0.3) is 0 Å². The lowest BCUT2D eigenvalue weighted by Crippen LogP contribution is -2.40. The highest BCUT2D eigenvalue weighted by Gasteiger charge is 2.26. The number of nitrogens with one attached hydrogen (secondary N) is 1. The van der Waals surface area contributed by atoms with Crippen LogP contribution < -0.4 is 19.5 Å². The van der Waals surface area contributed by atoms with Crippen molar-refractivity contribution >= 4 is 27.8 Å². The van der Waals surface area contributed by atoms with Crippen molar-refractivity contribution in [2.75, 3.05) is 21.3 Å². The fraction of sp³-hybridized carbons (Fsp3) is 0.467. The molecule has 8 heteroatoms. The molecule has 0 heterocycles. The van der Waals surface area contributed by atoms with Gasteiger partial charge in [-0.05, 0) is 28.4 Å². The smallest absolute Gasteiger partial charge is 0.326 e. The number of ether oxygens (including phenoxy) is 3. The molecule has 1 aromatic carbocycles. The van der Waals surface area contributed by atoms with E-state index in [1.807, 2.05) is 6.92 Å². The Morgan fingerprint density at radius 2 is 1.83 bits per heavy atom. The molecule has 1 atom stereocenters. The summed E-state index contributed by atoms with van der Waals surface area (Å²) in [7, 11) is 4.32. The van der Waals surface area contributed by atoms with Crippen LogP contribution in [0.3, 0.4) is 0 Å². The van der Waals surface area contributed by atoms with Gasteiger partial charge in [-0.15, -0.1) is 0 Å². The SMILES string of the molecule is CCCC(NC(=O)c1cc(OC)c(OC)c(OC)c1Br)C(=O)O. The van der Waals surface area contributed by atoms with Crippen LogP contribution in [-0.4, -0.2) is 44.4 Å². The van der Waals surface area contributed by atoms with E-state index < -0.39 is 17.9 Å². The van der Waals surface area contributed by atoms with Gasteiger partial charge in [0.05, 0.1) is 31.4 Å². The van der Waals surface area contributed by atoms with Gasteiger partial charge in [0, 0.05) is 0 Å². The third-order valence-electron chi connectivity index (χ3n) is 3.19. The highest BCUT2D eigenvalue weighted by molar-refractivity contribution is 9.10. The first-order valence-electron chi connectivity index (χ1n) is 6.93. The molecular weight excluding hydrogens is 370 g/mol. The highest BCUT2D eigenvalue weighted by atomic mass is 79.9. The van der Waals surface area contributed by atoms with Crippen LogP contribution in [0.2, 0.25) is 0 Å². The molecule has 0 saturated carbocycles. The van der Waals surface area contributed by atoms with Gasteiger partial charge in [0.2, 0.25) is 5.75 Å². The van der Waals surface area contributed by atoms with Crippen molar-refractivity contribution in [2.24, 2.45) is 0 Å². The van der Waals surface area contributed by atoms with Gasteiger partial charge in [-0.2, -0.15) is 0 Å². The Balaban J connectivity index is 3.26. The summed E-state index contributed by atoms with van der Waals surface area (Å²) in [5.41, 5.74) is 0.196. The van der Waals surface area contributed by atoms with Gasteiger partial charge in [-0.1, -0.05) is 13.3 Å². The maximum Gasteiger partial charge on any atom is 0.326 e. The average molecular weight is 390 g/mol. The molecular formula is C15H20BrNO6. The fourth-order valence-electron chi connectivity index (χ4n) is 2.07. The normalized spacial score (nSPS) is 11.5. The van der Waals surface area contributed by atoms with Gasteiger partial charge in [0.15, 0.2) is 11.5 Å². The van der Waals surface area contributed by atoms with Gasteiger partial charge in [-0.25, -0.2) is 4.79 Å². The first-order valence-corrected chi connectivity index (χ1v) is 7.72. The number of aliphatic carboxylic acids is 1. The molecule has 0 bridgehead atoms. The predicted octanol–water partition coefficient (Wildman–Crippen LogP) is 2.46. The fourth-order valence-corrected chi connectivity index (χ4v) is 2.70. The number of carbonyl (C=O) groups excluding carboxylic acids is 1. The zero-order valence-electron chi connectivity index (χ0n) is 13.4. The molecule has 1 unspecified atom stereocenters. The first-order chi connectivity index (χ1) is 10.9. The maximum atomic E-state index is 12.4. The number of benzene rings is 1. The molecule has 0 aromatic heterocycles. The summed E-state index contributed by atoms with van der Waals surface area (Å²) in [5, 5.41) is 11.7. The summed E-state index contributed by atoms with van der Waals surface area (Å²) in [4.78, 5) is 23.6. The molecule has 1 amide bonds. The predicted molar refractivity (Wildman–Crippen MR) is 87.6 cm³/mol. The van der Waals surface area contributed by atoms with Crippen LogP contribution in [0, 0.1) is 0 Å². The summed E-state index contributed by atoms with van der Waals surface area (Å²) < 4.78 is 16.0. The molecule has 23 heavy (non-hydrogen) atoms. The summed E-state index contributed by atoms with van der Waals surface area (Å²) in [6.07, 6.45) is 0.969. The molecule has 0 saturated heterocycles. The molecule has 0 aliphatic rings. The number of rotatable bonds is 8. The lowest BCUT2D eigenvalue weighted by atomic mass is 10.1. The summed E-state index contributed by atoms with van der Waals surface area (Å²) in [5.74, 6) is -0.693. The summed E-state index contributed by atoms with van der Waals surface area (Å²) in [6, 6.07) is 0.504. The molecule has 128 valence electrons. The highest BCUT2D eigenvalue weighted by Crippen LogP contribution is 2.44. The number of amides is 1. The van der Waals surface area contributed by atoms with Crippen LogP contribution in [-0.2, 0) is 4.79 Å². The summed E-state index contributed by atoms with van der Waals surface area (Å²) in [6.45, 7) is 1.84. The molecule has 1 rings (SSSR count). The van der Waals surface area contributed by atoms with Gasteiger partial charge >= 0.3 is 5.97 Å². The molecule has 0 radical (unpaired) electrons. The van der Waals surface area contributed by atoms with Gasteiger partial charge in [0.25, 0.3) is 5.91 Å². The molecule has 1 aromatic rings. The van der Waals surface area contributed by atoms with E-state index in [0.717, 1.165) is 0 Å². The van der Waals surface area contributed by atoms with Crippen molar-refractivity contribution in [3.05, 3.63) is 16.1 Å². The van der Waals surface area contributed by atoms with Gasteiger partial charge in [0.1, 0.15) is 6.04 Å². The number of carbonyl (C=O) groups is 2. The van der Waals surface area contributed by atoms with E-state index in [1.165, 1.54) is 27.4 Å². The minimum atomic E-state index is -1.08. The zero-order valence-corrected chi connectivity index (χ0v) is 15.0.